The number of aromatic nitrogens is 2. The minimum absolute atomic E-state index is 0.0254. The van der Waals surface area contributed by atoms with Crippen molar-refractivity contribution in [3.05, 3.63) is 40.7 Å². The van der Waals surface area contributed by atoms with Gasteiger partial charge in [0.1, 0.15) is 6.54 Å². The van der Waals surface area contributed by atoms with E-state index < -0.39 is 0 Å². The zero-order valence-electron chi connectivity index (χ0n) is 13.7. The Hall–Kier alpha value is -2.48. The van der Waals surface area contributed by atoms with Crippen molar-refractivity contribution in [2.75, 3.05) is 6.54 Å². The maximum Gasteiger partial charge on any atom is 0.260 e. The first-order chi connectivity index (χ1) is 11.5. The number of hydrazine groups is 1. The lowest BCUT2D eigenvalue weighted by atomic mass is 10.1. The summed E-state index contributed by atoms with van der Waals surface area (Å²) in [5, 5.41) is 7.91. The Morgan fingerprint density at radius 3 is 2.79 bits per heavy atom. The van der Waals surface area contributed by atoms with Gasteiger partial charge in [0.25, 0.3) is 5.91 Å². The summed E-state index contributed by atoms with van der Waals surface area (Å²) in [6, 6.07) is 7.03. The van der Waals surface area contributed by atoms with Crippen molar-refractivity contribution in [3.63, 3.8) is 0 Å². The molecule has 0 aliphatic heterocycles. The molecule has 0 atom stereocenters. The molecule has 0 aliphatic carbocycles. The highest BCUT2D eigenvalue weighted by Gasteiger charge is 2.08. The minimum Gasteiger partial charge on any atom is -0.361 e. The predicted molar refractivity (Wildman–Crippen MR) is 97.3 cm³/mol. The Balaban J connectivity index is 1.90. The standard InChI is InChI=1S/C16H21N5O2S/c1-11(2)7-8-17-16(24)20-19-15(23)10-21-13-6-4-3-5-12(13)14(22)9-18-21/h3-6,9,11H,7-8,10H2,1-2H3,(H,19,23)(H2,17,20,24). The van der Waals surface area contributed by atoms with Gasteiger partial charge >= 0.3 is 0 Å². The first-order valence-electron chi connectivity index (χ1n) is 7.75. The molecule has 3 N–H and O–H groups in total. The third kappa shape index (κ3) is 5.02. The van der Waals surface area contributed by atoms with Crippen molar-refractivity contribution in [1.82, 2.24) is 25.9 Å². The summed E-state index contributed by atoms with van der Waals surface area (Å²) >= 11 is 5.08. The number of carbonyl (C=O) groups excluding carboxylic acids is 1. The van der Waals surface area contributed by atoms with Gasteiger partial charge in [0.15, 0.2) is 5.11 Å². The van der Waals surface area contributed by atoms with Crippen molar-refractivity contribution in [2.45, 2.75) is 26.8 Å². The van der Waals surface area contributed by atoms with Crippen LogP contribution in [0.15, 0.2) is 35.3 Å². The van der Waals surface area contributed by atoms with E-state index in [0.29, 0.717) is 21.9 Å². The second-order valence-electron chi connectivity index (χ2n) is 5.80. The fourth-order valence-corrected chi connectivity index (χ4v) is 2.26. The monoisotopic (exact) mass is 347 g/mol. The molecule has 24 heavy (non-hydrogen) atoms. The van der Waals surface area contributed by atoms with Crippen LogP contribution in [0.5, 0.6) is 0 Å². The second-order valence-corrected chi connectivity index (χ2v) is 6.20. The molecule has 1 aromatic heterocycles. The van der Waals surface area contributed by atoms with Gasteiger partial charge in [-0.05, 0) is 36.7 Å². The maximum absolute atomic E-state index is 12.0. The first kappa shape index (κ1) is 17.9. The molecule has 128 valence electrons. The molecule has 0 saturated carbocycles. The second kappa shape index (κ2) is 8.39. The fourth-order valence-electron chi connectivity index (χ4n) is 2.11. The number of hydrogen-bond acceptors (Lipinski definition) is 4. The van der Waals surface area contributed by atoms with E-state index in [1.54, 1.807) is 24.3 Å². The lowest BCUT2D eigenvalue weighted by Crippen LogP contribution is -2.48. The number of amides is 1. The third-order valence-electron chi connectivity index (χ3n) is 3.38. The quantitative estimate of drug-likeness (QED) is 0.551. The molecular weight excluding hydrogens is 326 g/mol. The number of benzene rings is 1. The predicted octanol–water partition coefficient (Wildman–Crippen LogP) is 0.938. The molecule has 7 nitrogen and oxygen atoms in total. The van der Waals surface area contributed by atoms with Crippen LogP contribution in [0.4, 0.5) is 0 Å². The molecule has 2 rings (SSSR count). The van der Waals surface area contributed by atoms with Gasteiger partial charge in [-0.1, -0.05) is 26.0 Å². The number of rotatable bonds is 5. The summed E-state index contributed by atoms with van der Waals surface area (Å²) in [7, 11) is 0. The van der Waals surface area contributed by atoms with Gasteiger partial charge < -0.3 is 5.32 Å². The highest BCUT2D eigenvalue weighted by molar-refractivity contribution is 7.80. The summed E-state index contributed by atoms with van der Waals surface area (Å²) < 4.78 is 1.48. The Bertz CT molecular complexity index is 787. The van der Waals surface area contributed by atoms with Crippen molar-refractivity contribution < 1.29 is 4.79 Å². The van der Waals surface area contributed by atoms with Crippen LogP contribution >= 0.6 is 12.2 Å². The van der Waals surface area contributed by atoms with Crippen LogP contribution < -0.4 is 21.6 Å². The van der Waals surface area contributed by atoms with Crippen LogP contribution in [0.25, 0.3) is 10.9 Å². The summed E-state index contributed by atoms with van der Waals surface area (Å²) in [6.07, 6.45) is 2.20. The zero-order valence-corrected chi connectivity index (χ0v) is 14.5. The van der Waals surface area contributed by atoms with Crippen LogP contribution in [0.3, 0.4) is 0 Å². The van der Waals surface area contributed by atoms with Crippen LogP contribution in [-0.2, 0) is 11.3 Å². The van der Waals surface area contributed by atoms with Gasteiger partial charge in [-0.15, -0.1) is 0 Å². The zero-order chi connectivity index (χ0) is 17.5. The average molecular weight is 347 g/mol. The molecule has 0 saturated heterocycles. The van der Waals surface area contributed by atoms with Gasteiger partial charge in [-0.25, -0.2) is 0 Å². The van der Waals surface area contributed by atoms with E-state index in [1.807, 2.05) is 0 Å². The fraction of sp³-hybridized carbons (Fsp3) is 0.375. The van der Waals surface area contributed by atoms with E-state index in [4.69, 9.17) is 12.2 Å². The van der Waals surface area contributed by atoms with E-state index in [9.17, 15) is 9.59 Å². The molecule has 1 aromatic carbocycles. The van der Waals surface area contributed by atoms with Crippen molar-refractivity contribution in [3.8, 4) is 0 Å². The Morgan fingerprint density at radius 2 is 2.04 bits per heavy atom. The third-order valence-corrected chi connectivity index (χ3v) is 3.62. The maximum atomic E-state index is 12.0. The van der Waals surface area contributed by atoms with E-state index in [1.165, 1.54) is 10.9 Å². The summed E-state index contributed by atoms with van der Waals surface area (Å²) in [5.74, 6) is 0.263. The molecule has 0 spiro atoms. The van der Waals surface area contributed by atoms with E-state index in [-0.39, 0.29) is 17.9 Å². The molecular formula is C16H21N5O2S. The van der Waals surface area contributed by atoms with Crippen molar-refractivity contribution >= 4 is 34.1 Å². The molecule has 8 heteroatoms. The van der Waals surface area contributed by atoms with Crippen LogP contribution in [0, 0.1) is 5.92 Å². The van der Waals surface area contributed by atoms with Crippen molar-refractivity contribution in [2.24, 2.45) is 5.92 Å². The van der Waals surface area contributed by atoms with Crippen LogP contribution in [0.2, 0.25) is 0 Å². The molecule has 1 heterocycles. The molecule has 0 fully saturated rings. The summed E-state index contributed by atoms with van der Waals surface area (Å²) in [4.78, 5) is 23.8. The highest BCUT2D eigenvalue weighted by atomic mass is 32.1. The molecule has 0 aliphatic rings. The molecule has 0 bridgehead atoms. The summed E-state index contributed by atoms with van der Waals surface area (Å²) in [5.41, 5.74) is 5.61. The number of fused-ring (bicyclic) bond motifs is 1. The molecule has 0 unspecified atom stereocenters. The van der Waals surface area contributed by atoms with Gasteiger partial charge in [0, 0.05) is 11.9 Å². The van der Waals surface area contributed by atoms with E-state index in [0.717, 1.165) is 13.0 Å². The lowest BCUT2D eigenvalue weighted by Gasteiger charge is -2.13. The van der Waals surface area contributed by atoms with E-state index in [2.05, 4.69) is 35.1 Å². The number of para-hydroxylation sites is 1. The Morgan fingerprint density at radius 1 is 1.29 bits per heavy atom. The number of carbonyl (C=O) groups is 1. The number of nitrogens with one attached hydrogen (secondary N) is 3. The number of thiocarbonyl (C=S) groups is 1. The highest BCUT2D eigenvalue weighted by Crippen LogP contribution is 2.07. The summed E-state index contributed by atoms with van der Waals surface area (Å²) in [6.45, 7) is 4.97. The molecule has 0 radical (unpaired) electrons. The molecule has 2 aromatic rings. The smallest absolute Gasteiger partial charge is 0.260 e. The normalized spacial score (nSPS) is 10.6. The van der Waals surface area contributed by atoms with Gasteiger partial charge in [0.2, 0.25) is 5.43 Å². The van der Waals surface area contributed by atoms with Gasteiger partial charge in [0.05, 0.1) is 11.7 Å². The van der Waals surface area contributed by atoms with Crippen LogP contribution in [-0.4, -0.2) is 27.3 Å². The minimum atomic E-state index is -0.315. The number of hydrogen-bond donors (Lipinski definition) is 3. The SMILES string of the molecule is CC(C)CCNC(=S)NNC(=O)Cn1ncc(=O)c2ccccc21. The largest absolute Gasteiger partial charge is 0.361 e. The van der Waals surface area contributed by atoms with Gasteiger partial charge in [-0.2, -0.15) is 5.10 Å². The lowest BCUT2D eigenvalue weighted by molar-refractivity contribution is -0.122. The Kier molecular flexibility index (Phi) is 6.25. The Labute approximate surface area is 145 Å². The first-order valence-corrected chi connectivity index (χ1v) is 8.15. The van der Waals surface area contributed by atoms with Crippen LogP contribution in [0.1, 0.15) is 20.3 Å². The number of nitrogens with zero attached hydrogens (tertiary/aromatic N) is 2. The van der Waals surface area contributed by atoms with Gasteiger partial charge in [-0.3, -0.25) is 25.1 Å². The topological polar surface area (TPSA) is 88.0 Å². The average Bonchev–Trinajstić information content (AvgIpc) is 2.55. The van der Waals surface area contributed by atoms with E-state index >= 15 is 0 Å². The molecule has 1 amide bonds. The van der Waals surface area contributed by atoms with Crippen molar-refractivity contribution in [1.29, 1.82) is 0 Å².